The number of hydrogen-bond donors (Lipinski definition) is 0. The average Bonchev–Trinajstić information content (AvgIpc) is 3.19. The Morgan fingerprint density at radius 3 is 2.50 bits per heavy atom. The van der Waals surface area contributed by atoms with E-state index < -0.39 is 8.56 Å². The van der Waals surface area contributed by atoms with Gasteiger partial charge in [0.1, 0.15) is 6.10 Å². The molecule has 0 radical (unpaired) electrons. The topological polar surface area (TPSA) is 40.2 Å². The molecule has 1 rings (SSSR count). The molecule has 1 saturated heterocycles. The molecule has 108 valence electrons. The van der Waals surface area contributed by atoms with Gasteiger partial charge >= 0.3 is 8.56 Å². The first-order valence-corrected chi connectivity index (χ1v) is 9.38. The Bertz CT molecular complexity index is 211. The third kappa shape index (κ3) is 6.29. The first-order valence-electron chi connectivity index (χ1n) is 7.14. The van der Waals surface area contributed by atoms with Crippen LogP contribution in [0.15, 0.2) is 0 Å². The van der Waals surface area contributed by atoms with Gasteiger partial charge in [-0.25, -0.2) is 0 Å². The molecule has 1 aliphatic rings. The minimum atomic E-state index is -2.02. The molecule has 2 unspecified atom stereocenters. The normalized spacial score (nSPS) is 21.8. The van der Waals surface area contributed by atoms with Crippen molar-refractivity contribution in [2.75, 3.05) is 33.5 Å². The Balaban J connectivity index is 2.25. The van der Waals surface area contributed by atoms with E-state index in [4.69, 9.17) is 18.3 Å². The third-order valence-electron chi connectivity index (χ3n) is 3.20. The van der Waals surface area contributed by atoms with E-state index in [0.717, 1.165) is 57.8 Å². The quantitative estimate of drug-likeness (QED) is 0.312. The largest absolute Gasteiger partial charge is 0.398 e. The van der Waals surface area contributed by atoms with Gasteiger partial charge in [-0.1, -0.05) is 26.7 Å². The van der Waals surface area contributed by atoms with Crippen molar-refractivity contribution in [1.82, 2.24) is 0 Å². The van der Waals surface area contributed by atoms with Crippen LogP contribution in [0.5, 0.6) is 0 Å². The zero-order chi connectivity index (χ0) is 13.3. The molecule has 5 heteroatoms. The molecular weight excluding hydrogens is 248 g/mol. The van der Waals surface area contributed by atoms with Crippen LogP contribution in [0.25, 0.3) is 0 Å². The van der Waals surface area contributed by atoms with Crippen LogP contribution in [-0.2, 0) is 18.3 Å². The highest BCUT2D eigenvalue weighted by atomic mass is 28.4. The van der Waals surface area contributed by atoms with Gasteiger partial charge < -0.3 is 18.3 Å². The Kier molecular flexibility index (Phi) is 8.09. The van der Waals surface area contributed by atoms with Gasteiger partial charge in [0.15, 0.2) is 0 Å². The van der Waals surface area contributed by atoms with Crippen LogP contribution in [0.3, 0.4) is 0 Å². The molecule has 1 heterocycles. The fourth-order valence-electron chi connectivity index (χ4n) is 1.92. The summed E-state index contributed by atoms with van der Waals surface area (Å²) in [6.07, 6.45) is 3.72. The summed E-state index contributed by atoms with van der Waals surface area (Å²) in [4.78, 5) is 0. The molecule has 0 aromatic carbocycles. The van der Waals surface area contributed by atoms with Gasteiger partial charge in [-0.15, -0.1) is 0 Å². The third-order valence-corrected chi connectivity index (χ3v) is 6.90. The van der Waals surface area contributed by atoms with Crippen LogP contribution < -0.4 is 0 Å². The minimum Gasteiger partial charge on any atom is -0.398 e. The molecule has 4 nitrogen and oxygen atoms in total. The van der Waals surface area contributed by atoms with Crippen molar-refractivity contribution in [3.05, 3.63) is 0 Å². The van der Waals surface area contributed by atoms with Gasteiger partial charge in [0.05, 0.1) is 13.2 Å². The second-order valence-electron chi connectivity index (χ2n) is 4.85. The van der Waals surface area contributed by atoms with Crippen LogP contribution >= 0.6 is 0 Å². The molecule has 0 bridgehead atoms. The lowest BCUT2D eigenvalue weighted by Gasteiger charge is -2.29. The minimum absolute atomic E-state index is 0.343. The SMILES string of the molecule is CCCCO[Si](CCC)(CCOCC1CO1)OC. The molecule has 0 amide bonds. The fourth-order valence-corrected chi connectivity index (χ4v) is 4.72. The second-order valence-corrected chi connectivity index (χ2v) is 8.37. The monoisotopic (exact) mass is 276 g/mol. The lowest BCUT2D eigenvalue weighted by molar-refractivity contribution is 0.114. The van der Waals surface area contributed by atoms with Crippen LogP contribution in [0.1, 0.15) is 33.1 Å². The molecule has 18 heavy (non-hydrogen) atoms. The number of ether oxygens (including phenoxy) is 2. The van der Waals surface area contributed by atoms with Crippen molar-refractivity contribution in [3.63, 3.8) is 0 Å². The van der Waals surface area contributed by atoms with E-state index in [9.17, 15) is 0 Å². The maximum absolute atomic E-state index is 6.09. The standard InChI is InChI=1S/C13H28O4Si/c1-4-6-7-17-18(14-3,9-5-2)10-8-15-11-13-12-16-13/h13H,4-12H2,1-3H3. The summed E-state index contributed by atoms with van der Waals surface area (Å²) in [5, 5.41) is 0. The van der Waals surface area contributed by atoms with Crippen molar-refractivity contribution >= 4 is 8.56 Å². The van der Waals surface area contributed by atoms with Crippen molar-refractivity contribution in [2.45, 2.75) is 51.3 Å². The van der Waals surface area contributed by atoms with Crippen molar-refractivity contribution in [1.29, 1.82) is 0 Å². The van der Waals surface area contributed by atoms with Gasteiger partial charge in [-0.05, 0) is 12.5 Å². The van der Waals surface area contributed by atoms with E-state index in [1.807, 2.05) is 0 Å². The predicted molar refractivity (Wildman–Crippen MR) is 74.1 cm³/mol. The van der Waals surface area contributed by atoms with Gasteiger partial charge in [-0.2, -0.15) is 0 Å². The maximum Gasteiger partial charge on any atom is 0.340 e. The van der Waals surface area contributed by atoms with Crippen LogP contribution in [0.2, 0.25) is 12.1 Å². The Morgan fingerprint density at radius 1 is 1.17 bits per heavy atom. The van der Waals surface area contributed by atoms with Crippen LogP contribution in [-0.4, -0.2) is 48.2 Å². The number of epoxide rings is 1. The molecule has 0 aromatic rings. The first-order chi connectivity index (χ1) is 8.76. The number of hydrogen-bond acceptors (Lipinski definition) is 4. The first kappa shape index (κ1) is 16.1. The van der Waals surface area contributed by atoms with E-state index in [1.165, 1.54) is 0 Å². The molecular formula is C13H28O4Si. The van der Waals surface area contributed by atoms with E-state index in [-0.39, 0.29) is 0 Å². The molecule has 0 aromatic heterocycles. The maximum atomic E-state index is 6.09. The molecule has 0 spiro atoms. The summed E-state index contributed by atoms with van der Waals surface area (Å²) in [5.74, 6) is 0. The van der Waals surface area contributed by atoms with E-state index >= 15 is 0 Å². The van der Waals surface area contributed by atoms with Crippen molar-refractivity contribution < 1.29 is 18.3 Å². The molecule has 1 fully saturated rings. The van der Waals surface area contributed by atoms with E-state index in [0.29, 0.717) is 6.10 Å². The van der Waals surface area contributed by atoms with Crippen LogP contribution in [0.4, 0.5) is 0 Å². The Hall–Kier alpha value is 0.0569. The molecule has 0 aliphatic carbocycles. The highest BCUT2D eigenvalue weighted by molar-refractivity contribution is 6.67. The fraction of sp³-hybridized carbons (Fsp3) is 1.00. The summed E-state index contributed by atoms with van der Waals surface area (Å²) in [5.41, 5.74) is 0. The van der Waals surface area contributed by atoms with Gasteiger partial charge in [0, 0.05) is 26.4 Å². The summed E-state index contributed by atoms with van der Waals surface area (Å²) in [6.45, 7) is 7.49. The molecule has 0 saturated carbocycles. The highest BCUT2D eigenvalue weighted by Gasteiger charge is 2.35. The summed E-state index contributed by atoms with van der Waals surface area (Å²) in [6, 6.07) is 1.98. The lowest BCUT2D eigenvalue weighted by Crippen LogP contribution is -2.42. The predicted octanol–water partition coefficient (Wildman–Crippen LogP) is 2.72. The molecule has 1 aliphatic heterocycles. The highest BCUT2D eigenvalue weighted by Crippen LogP contribution is 2.21. The van der Waals surface area contributed by atoms with Gasteiger partial charge in [0.25, 0.3) is 0 Å². The Morgan fingerprint density at radius 2 is 1.94 bits per heavy atom. The molecule has 0 N–H and O–H groups in total. The summed E-state index contributed by atoms with van der Waals surface area (Å²) in [7, 11) is -0.235. The van der Waals surface area contributed by atoms with E-state index in [2.05, 4.69) is 13.8 Å². The lowest BCUT2D eigenvalue weighted by atomic mass is 10.4. The van der Waals surface area contributed by atoms with Crippen molar-refractivity contribution in [3.8, 4) is 0 Å². The zero-order valence-corrected chi connectivity index (χ0v) is 13.1. The average molecular weight is 276 g/mol. The molecule has 2 atom stereocenters. The Labute approximate surface area is 112 Å². The summed E-state index contributed by atoms with van der Waals surface area (Å²) < 4.78 is 22.6. The number of unbranched alkanes of at least 4 members (excludes halogenated alkanes) is 1. The number of rotatable bonds is 12. The van der Waals surface area contributed by atoms with Gasteiger partial charge in [0.2, 0.25) is 0 Å². The van der Waals surface area contributed by atoms with E-state index in [1.54, 1.807) is 7.11 Å². The van der Waals surface area contributed by atoms with Crippen molar-refractivity contribution in [2.24, 2.45) is 0 Å². The van der Waals surface area contributed by atoms with Crippen LogP contribution in [0, 0.1) is 0 Å². The summed E-state index contributed by atoms with van der Waals surface area (Å²) >= 11 is 0. The zero-order valence-electron chi connectivity index (χ0n) is 12.1. The van der Waals surface area contributed by atoms with Gasteiger partial charge in [-0.3, -0.25) is 0 Å². The smallest absolute Gasteiger partial charge is 0.340 e. The second kappa shape index (κ2) is 9.04.